The van der Waals surface area contributed by atoms with E-state index in [9.17, 15) is 0 Å². The minimum absolute atomic E-state index is 0.136. The molecule has 0 radical (unpaired) electrons. The molecule has 0 spiro atoms. The van der Waals surface area contributed by atoms with Crippen LogP contribution >= 0.6 is 39.7 Å². The van der Waals surface area contributed by atoms with Crippen molar-refractivity contribution >= 4 is 50.5 Å². The Morgan fingerprint density at radius 3 is 2.48 bits per heavy atom. The third-order valence-corrected chi connectivity index (χ3v) is 4.55. The Kier molecular flexibility index (Phi) is 5.62. The van der Waals surface area contributed by atoms with Gasteiger partial charge in [0.15, 0.2) is 5.11 Å². The van der Waals surface area contributed by atoms with Crippen LogP contribution in [0.4, 0.5) is 5.69 Å². The van der Waals surface area contributed by atoms with Crippen LogP contribution in [0.25, 0.3) is 0 Å². The van der Waals surface area contributed by atoms with Gasteiger partial charge in [-0.2, -0.15) is 0 Å². The maximum absolute atomic E-state index is 6.06. The van der Waals surface area contributed by atoms with Crippen LogP contribution in [-0.2, 0) is 0 Å². The summed E-state index contributed by atoms with van der Waals surface area (Å²) in [7, 11) is 0. The molecular formula is C16H16BrClN2S. The molecule has 0 fully saturated rings. The molecule has 21 heavy (non-hydrogen) atoms. The van der Waals surface area contributed by atoms with E-state index >= 15 is 0 Å². The molecule has 0 heterocycles. The lowest BCUT2D eigenvalue weighted by Gasteiger charge is -2.17. The number of anilines is 1. The van der Waals surface area contributed by atoms with Crippen LogP contribution in [0.15, 0.2) is 46.9 Å². The van der Waals surface area contributed by atoms with E-state index in [4.69, 9.17) is 23.8 Å². The first-order valence-corrected chi connectivity index (χ1v) is 8.13. The fraction of sp³-hybridized carbons (Fsp3) is 0.188. The van der Waals surface area contributed by atoms with Crippen LogP contribution in [0, 0.1) is 6.92 Å². The van der Waals surface area contributed by atoms with Crippen molar-refractivity contribution in [1.82, 2.24) is 5.32 Å². The Labute approximate surface area is 144 Å². The van der Waals surface area contributed by atoms with Crippen LogP contribution in [-0.4, -0.2) is 5.11 Å². The van der Waals surface area contributed by atoms with Crippen molar-refractivity contribution < 1.29 is 0 Å². The highest BCUT2D eigenvalue weighted by atomic mass is 79.9. The predicted octanol–water partition coefficient (Wildman–Crippen LogP) is 5.46. The fourth-order valence-corrected chi connectivity index (χ4v) is 2.60. The molecule has 0 bridgehead atoms. The highest BCUT2D eigenvalue weighted by molar-refractivity contribution is 9.10. The minimum atomic E-state index is 0.136. The van der Waals surface area contributed by atoms with Crippen molar-refractivity contribution in [2.45, 2.75) is 19.9 Å². The monoisotopic (exact) mass is 382 g/mol. The second-order valence-corrected chi connectivity index (χ2v) is 6.53. The number of thiocarbonyl (C=S) groups is 1. The summed E-state index contributed by atoms with van der Waals surface area (Å²) in [5, 5.41) is 7.62. The van der Waals surface area contributed by atoms with E-state index in [-0.39, 0.29) is 6.04 Å². The molecule has 110 valence electrons. The van der Waals surface area contributed by atoms with E-state index in [2.05, 4.69) is 64.7 Å². The van der Waals surface area contributed by atoms with Gasteiger partial charge in [0.2, 0.25) is 0 Å². The predicted molar refractivity (Wildman–Crippen MR) is 98.1 cm³/mol. The van der Waals surface area contributed by atoms with Gasteiger partial charge in [0.25, 0.3) is 0 Å². The molecule has 0 aliphatic heterocycles. The summed E-state index contributed by atoms with van der Waals surface area (Å²) in [5.41, 5.74) is 3.30. The molecule has 0 aliphatic carbocycles. The number of halogens is 2. The zero-order chi connectivity index (χ0) is 15.4. The van der Waals surface area contributed by atoms with E-state index in [1.54, 1.807) is 0 Å². The molecule has 0 saturated carbocycles. The Bertz CT molecular complexity index is 643. The summed E-state index contributed by atoms with van der Waals surface area (Å²) in [5.74, 6) is 0. The standard InChI is InChI=1S/C16H16BrClN2S/c1-10-3-5-12(6-4-10)11(2)19-16(21)20-13-7-8-14(17)15(18)9-13/h3-9,11H,1-2H3,(H2,19,20,21)/t11-/m1/s1. The summed E-state index contributed by atoms with van der Waals surface area (Å²) in [6.45, 7) is 4.15. The molecule has 0 saturated heterocycles. The average Bonchev–Trinajstić information content (AvgIpc) is 2.43. The van der Waals surface area contributed by atoms with Crippen LogP contribution in [0.1, 0.15) is 24.1 Å². The zero-order valence-electron chi connectivity index (χ0n) is 11.8. The Morgan fingerprint density at radius 1 is 1.19 bits per heavy atom. The lowest BCUT2D eigenvalue weighted by atomic mass is 10.1. The zero-order valence-corrected chi connectivity index (χ0v) is 14.9. The molecule has 0 amide bonds. The first kappa shape index (κ1) is 16.3. The van der Waals surface area contributed by atoms with Crippen molar-refractivity contribution in [2.75, 3.05) is 5.32 Å². The minimum Gasteiger partial charge on any atom is -0.356 e. The molecule has 0 unspecified atom stereocenters. The van der Waals surface area contributed by atoms with Crippen molar-refractivity contribution in [3.8, 4) is 0 Å². The van der Waals surface area contributed by atoms with Crippen LogP contribution in [0.5, 0.6) is 0 Å². The third kappa shape index (κ3) is 4.70. The summed E-state index contributed by atoms with van der Waals surface area (Å²) in [6.07, 6.45) is 0. The summed E-state index contributed by atoms with van der Waals surface area (Å²) in [4.78, 5) is 0. The summed E-state index contributed by atoms with van der Waals surface area (Å²) < 4.78 is 0.863. The molecule has 2 N–H and O–H groups in total. The van der Waals surface area contributed by atoms with Gasteiger partial charge < -0.3 is 10.6 Å². The highest BCUT2D eigenvalue weighted by Gasteiger charge is 2.07. The second-order valence-electron chi connectivity index (χ2n) is 4.86. The maximum atomic E-state index is 6.06. The van der Waals surface area contributed by atoms with E-state index in [0.29, 0.717) is 10.1 Å². The first-order valence-electron chi connectivity index (χ1n) is 6.55. The number of nitrogens with one attached hydrogen (secondary N) is 2. The molecule has 0 aromatic heterocycles. The quantitative estimate of drug-likeness (QED) is 0.688. The largest absolute Gasteiger partial charge is 0.356 e. The first-order chi connectivity index (χ1) is 9.95. The van der Waals surface area contributed by atoms with Gasteiger partial charge in [-0.15, -0.1) is 0 Å². The summed E-state index contributed by atoms with van der Waals surface area (Å²) >= 11 is 14.8. The fourth-order valence-electron chi connectivity index (χ4n) is 1.88. The Hall–Kier alpha value is -1.10. The van der Waals surface area contributed by atoms with Crippen LogP contribution < -0.4 is 10.6 Å². The van der Waals surface area contributed by atoms with Gasteiger partial charge in [0, 0.05) is 10.2 Å². The van der Waals surface area contributed by atoms with E-state index < -0.39 is 0 Å². The molecule has 0 aliphatic rings. The second kappa shape index (κ2) is 7.25. The average molecular weight is 384 g/mol. The van der Waals surface area contributed by atoms with Gasteiger partial charge >= 0.3 is 0 Å². The lowest BCUT2D eigenvalue weighted by molar-refractivity contribution is 0.722. The normalized spacial score (nSPS) is 11.8. The van der Waals surface area contributed by atoms with Gasteiger partial charge in [0.05, 0.1) is 11.1 Å². The van der Waals surface area contributed by atoms with Crippen LogP contribution in [0.3, 0.4) is 0 Å². The molecule has 2 aromatic rings. The van der Waals surface area contributed by atoms with E-state index in [0.717, 1.165) is 10.2 Å². The lowest BCUT2D eigenvalue weighted by Crippen LogP contribution is -2.30. The van der Waals surface area contributed by atoms with Gasteiger partial charge in [0.1, 0.15) is 0 Å². The molecule has 5 heteroatoms. The maximum Gasteiger partial charge on any atom is 0.171 e. The van der Waals surface area contributed by atoms with Crippen molar-refractivity contribution in [3.63, 3.8) is 0 Å². The number of aryl methyl sites for hydroxylation is 1. The van der Waals surface area contributed by atoms with Crippen molar-refractivity contribution in [3.05, 3.63) is 63.1 Å². The third-order valence-electron chi connectivity index (χ3n) is 3.10. The topological polar surface area (TPSA) is 24.1 Å². The Morgan fingerprint density at radius 2 is 1.86 bits per heavy atom. The number of benzene rings is 2. The van der Waals surface area contributed by atoms with Crippen molar-refractivity contribution in [2.24, 2.45) is 0 Å². The van der Waals surface area contributed by atoms with Crippen molar-refractivity contribution in [1.29, 1.82) is 0 Å². The molecular weight excluding hydrogens is 368 g/mol. The van der Waals surface area contributed by atoms with E-state index in [1.807, 2.05) is 18.2 Å². The number of rotatable bonds is 3. The van der Waals surface area contributed by atoms with Gasteiger partial charge in [-0.05, 0) is 65.8 Å². The molecule has 1 atom stereocenters. The van der Waals surface area contributed by atoms with Gasteiger partial charge in [-0.3, -0.25) is 0 Å². The highest BCUT2D eigenvalue weighted by Crippen LogP contribution is 2.25. The SMILES string of the molecule is Cc1ccc([C@@H](C)NC(=S)Nc2ccc(Br)c(Cl)c2)cc1. The van der Waals surface area contributed by atoms with E-state index in [1.165, 1.54) is 11.1 Å². The van der Waals surface area contributed by atoms with Gasteiger partial charge in [-0.1, -0.05) is 41.4 Å². The molecule has 2 nitrogen and oxygen atoms in total. The smallest absolute Gasteiger partial charge is 0.171 e. The Balaban J connectivity index is 1.97. The summed E-state index contributed by atoms with van der Waals surface area (Å²) in [6, 6.07) is 14.2. The molecule has 2 rings (SSSR count). The number of hydrogen-bond donors (Lipinski definition) is 2. The number of hydrogen-bond acceptors (Lipinski definition) is 1. The van der Waals surface area contributed by atoms with Gasteiger partial charge in [-0.25, -0.2) is 0 Å². The van der Waals surface area contributed by atoms with Crippen LogP contribution in [0.2, 0.25) is 5.02 Å². The molecule has 2 aromatic carbocycles.